The summed E-state index contributed by atoms with van der Waals surface area (Å²) in [4.78, 5) is 17.8. The zero-order valence-corrected chi connectivity index (χ0v) is 16.2. The third kappa shape index (κ3) is 3.94. The summed E-state index contributed by atoms with van der Waals surface area (Å²) in [5.41, 5.74) is 1.38. The number of pyridine rings is 1. The molecule has 1 aliphatic rings. The van der Waals surface area contributed by atoms with Gasteiger partial charge in [-0.2, -0.15) is 0 Å². The molecule has 3 aromatic heterocycles. The monoisotopic (exact) mass is 404 g/mol. The molecule has 4 rings (SSSR count). The topological polar surface area (TPSA) is 90.0 Å². The van der Waals surface area contributed by atoms with E-state index in [1.54, 1.807) is 25.4 Å². The molecule has 0 spiro atoms. The molecule has 4 heterocycles. The number of aromatic amines is 1. The highest BCUT2D eigenvalue weighted by Crippen LogP contribution is 2.28. The highest BCUT2D eigenvalue weighted by atomic mass is 35.5. The van der Waals surface area contributed by atoms with Crippen LogP contribution in [0.3, 0.4) is 0 Å². The van der Waals surface area contributed by atoms with Gasteiger partial charge in [0.2, 0.25) is 0 Å². The molecular formula is C19H22ClFN6O. The molecule has 28 heavy (non-hydrogen) atoms. The SMILES string of the molecule is C[C@H](O)N1CCCC(CNc2nc(-c3c[nH]c4ncc(Cl)cc34)ncc2F)C1. The van der Waals surface area contributed by atoms with E-state index in [-0.39, 0.29) is 5.82 Å². The molecule has 3 N–H and O–H groups in total. The van der Waals surface area contributed by atoms with E-state index in [2.05, 4.69) is 25.3 Å². The standard InChI is InChI=1S/C19H22ClFN6O/c1-11(28)27-4-2-3-12(10-27)6-22-19-16(21)9-25-18(26-19)15-8-24-17-14(15)5-13(20)7-23-17/h5,7-9,11-12,28H,2-4,6,10H2,1H3,(H,23,24)(H,22,25,26)/t11-,12?/m0/s1. The Hall–Kier alpha value is -2.29. The van der Waals surface area contributed by atoms with Gasteiger partial charge in [-0.25, -0.2) is 19.3 Å². The average Bonchev–Trinajstić information content (AvgIpc) is 3.10. The number of piperidine rings is 1. The first-order chi connectivity index (χ1) is 13.5. The number of H-pyrrole nitrogens is 1. The van der Waals surface area contributed by atoms with Crippen LogP contribution < -0.4 is 5.32 Å². The molecule has 7 nitrogen and oxygen atoms in total. The maximum atomic E-state index is 14.3. The summed E-state index contributed by atoms with van der Waals surface area (Å²) in [6.07, 6.45) is 6.05. The Morgan fingerprint density at radius 2 is 2.29 bits per heavy atom. The van der Waals surface area contributed by atoms with Gasteiger partial charge in [0, 0.05) is 43.0 Å². The number of aliphatic hydroxyl groups is 1. The lowest BCUT2D eigenvalue weighted by Crippen LogP contribution is -2.43. The smallest absolute Gasteiger partial charge is 0.183 e. The quantitative estimate of drug-likeness (QED) is 0.604. The zero-order valence-electron chi connectivity index (χ0n) is 15.5. The number of nitrogens with zero attached hydrogens (tertiary/aromatic N) is 4. The first-order valence-corrected chi connectivity index (χ1v) is 9.70. The minimum atomic E-state index is -0.497. The van der Waals surface area contributed by atoms with Crippen molar-refractivity contribution < 1.29 is 9.50 Å². The van der Waals surface area contributed by atoms with E-state index in [0.717, 1.165) is 31.3 Å². The average molecular weight is 405 g/mol. The molecule has 0 amide bonds. The van der Waals surface area contributed by atoms with Crippen molar-refractivity contribution in [2.45, 2.75) is 26.0 Å². The number of halogens is 2. The number of nitrogens with one attached hydrogen (secondary N) is 2. The van der Waals surface area contributed by atoms with E-state index in [9.17, 15) is 9.50 Å². The first-order valence-electron chi connectivity index (χ1n) is 9.33. The largest absolute Gasteiger partial charge is 0.379 e. The Morgan fingerprint density at radius 1 is 1.43 bits per heavy atom. The normalized spacial score (nSPS) is 19.1. The van der Waals surface area contributed by atoms with E-state index in [4.69, 9.17) is 11.6 Å². The predicted octanol–water partition coefficient (Wildman–Crippen LogP) is 3.27. The fraction of sp³-hybridized carbons (Fsp3) is 0.421. The summed E-state index contributed by atoms with van der Waals surface area (Å²) in [6, 6.07) is 1.78. The highest BCUT2D eigenvalue weighted by molar-refractivity contribution is 6.31. The lowest BCUT2D eigenvalue weighted by atomic mass is 9.98. The summed E-state index contributed by atoms with van der Waals surface area (Å²) >= 11 is 6.05. The molecule has 148 valence electrons. The third-order valence-corrected chi connectivity index (χ3v) is 5.33. The van der Waals surface area contributed by atoms with E-state index in [0.29, 0.717) is 34.5 Å². The molecule has 0 saturated carbocycles. The van der Waals surface area contributed by atoms with Crippen LogP contribution in [0.1, 0.15) is 19.8 Å². The van der Waals surface area contributed by atoms with Crippen LogP contribution in [0, 0.1) is 11.7 Å². The number of fused-ring (bicyclic) bond motifs is 1. The van der Waals surface area contributed by atoms with Crippen LogP contribution in [-0.2, 0) is 0 Å². The maximum Gasteiger partial charge on any atom is 0.183 e. The molecule has 9 heteroatoms. The van der Waals surface area contributed by atoms with E-state index in [1.807, 2.05) is 4.90 Å². The summed E-state index contributed by atoms with van der Waals surface area (Å²) in [7, 11) is 0. The molecule has 1 saturated heterocycles. The van der Waals surface area contributed by atoms with Crippen molar-refractivity contribution >= 4 is 28.5 Å². The van der Waals surface area contributed by atoms with Crippen molar-refractivity contribution in [3.63, 3.8) is 0 Å². The predicted molar refractivity (Wildman–Crippen MR) is 107 cm³/mol. The second-order valence-electron chi connectivity index (χ2n) is 7.16. The van der Waals surface area contributed by atoms with Gasteiger partial charge in [-0.15, -0.1) is 0 Å². The molecule has 3 aromatic rings. The summed E-state index contributed by atoms with van der Waals surface area (Å²) in [5, 5.41) is 14.2. The molecule has 1 unspecified atom stereocenters. The van der Waals surface area contributed by atoms with Gasteiger partial charge in [0.1, 0.15) is 11.9 Å². The highest BCUT2D eigenvalue weighted by Gasteiger charge is 2.23. The summed E-state index contributed by atoms with van der Waals surface area (Å²) in [5.74, 6) is 0.386. The Labute approximate surface area is 167 Å². The molecule has 1 fully saturated rings. The number of rotatable bonds is 5. The minimum absolute atomic E-state index is 0.170. The molecule has 0 aromatic carbocycles. The zero-order chi connectivity index (χ0) is 19.7. The van der Waals surface area contributed by atoms with Gasteiger partial charge in [0.15, 0.2) is 17.5 Å². The summed E-state index contributed by atoms with van der Waals surface area (Å²) < 4.78 is 14.3. The van der Waals surface area contributed by atoms with E-state index >= 15 is 0 Å². The van der Waals surface area contributed by atoms with Gasteiger partial charge >= 0.3 is 0 Å². The van der Waals surface area contributed by atoms with Crippen LogP contribution in [0.2, 0.25) is 5.02 Å². The second kappa shape index (κ2) is 7.98. The Kier molecular flexibility index (Phi) is 5.43. The summed E-state index contributed by atoms with van der Waals surface area (Å²) in [6.45, 7) is 4.01. The van der Waals surface area contributed by atoms with Crippen LogP contribution in [0.4, 0.5) is 10.2 Å². The molecule has 2 atom stereocenters. The second-order valence-corrected chi connectivity index (χ2v) is 7.59. The van der Waals surface area contributed by atoms with Crippen LogP contribution in [0.5, 0.6) is 0 Å². The van der Waals surface area contributed by atoms with Gasteiger partial charge in [-0.05, 0) is 31.7 Å². The van der Waals surface area contributed by atoms with Crippen LogP contribution in [0.25, 0.3) is 22.4 Å². The molecule has 0 aliphatic carbocycles. The fourth-order valence-corrected chi connectivity index (χ4v) is 3.79. The number of anilines is 1. The lowest BCUT2D eigenvalue weighted by Gasteiger charge is -2.34. The maximum absolute atomic E-state index is 14.3. The molecule has 0 bridgehead atoms. The van der Waals surface area contributed by atoms with Gasteiger partial charge in [-0.3, -0.25) is 4.90 Å². The van der Waals surface area contributed by atoms with Crippen LogP contribution in [-0.4, -0.2) is 55.8 Å². The van der Waals surface area contributed by atoms with Gasteiger partial charge in [0.05, 0.1) is 11.2 Å². The van der Waals surface area contributed by atoms with Crippen molar-refractivity contribution in [3.05, 3.63) is 35.5 Å². The third-order valence-electron chi connectivity index (χ3n) is 5.12. The van der Waals surface area contributed by atoms with Crippen LogP contribution in [0.15, 0.2) is 24.7 Å². The van der Waals surface area contributed by atoms with Crippen molar-refractivity contribution in [3.8, 4) is 11.4 Å². The minimum Gasteiger partial charge on any atom is -0.379 e. The number of aliphatic hydroxyl groups excluding tert-OH is 1. The molecule has 1 aliphatic heterocycles. The van der Waals surface area contributed by atoms with Crippen molar-refractivity contribution in [2.75, 3.05) is 25.0 Å². The number of likely N-dealkylation sites (tertiary alicyclic amines) is 1. The van der Waals surface area contributed by atoms with Gasteiger partial charge in [-0.1, -0.05) is 11.6 Å². The number of aromatic nitrogens is 4. The first kappa shape index (κ1) is 19.0. The van der Waals surface area contributed by atoms with Crippen LogP contribution >= 0.6 is 11.6 Å². The van der Waals surface area contributed by atoms with E-state index in [1.165, 1.54) is 6.20 Å². The van der Waals surface area contributed by atoms with Crippen molar-refractivity contribution in [1.29, 1.82) is 0 Å². The van der Waals surface area contributed by atoms with Crippen molar-refractivity contribution in [1.82, 2.24) is 24.8 Å². The Balaban J connectivity index is 1.53. The lowest BCUT2D eigenvalue weighted by molar-refractivity contribution is -0.00670. The van der Waals surface area contributed by atoms with Gasteiger partial charge in [0.25, 0.3) is 0 Å². The van der Waals surface area contributed by atoms with Gasteiger partial charge < -0.3 is 15.4 Å². The van der Waals surface area contributed by atoms with Crippen molar-refractivity contribution in [2.24, 2.45) is 5.92 Å². The Bertz CT molecular complexity index is 978. The number of hydrogen-bond donors (Lipinski definition) is 3. The number of hydrogen-bond acceptors (Lipinski definition) is 6. The fourth-order valence-electron chi connectivity index (χ4n) is 3.63. The Morgan fingerprint density at radius 3 is 3.11 bits per heavy atom. The van der Waals surface area contributed by atoms with E-state index < -0.39 is 12.0 Å². The molecular weight excluding hydrogens is 383 g/mol. The molecule has 0 radical (unpaired) electrons.